The van der Waals surface area contributed by atoms with Gasteiger partial charge >= 0.3 is 0 Å². The summed E-state index contributed by atoms with van der Waals surface area (Å²) in [6.07, 6.45) is 4.13. The Hall–Kier alpha value is -2.65. The van der Waals surface area contributed by atoms with Crippen molar-refractivity contribution in [3.05, 3.63) is 84.2 Å². The van der Waals surface area contributed by atoms with E-state index >= 15 is 0 Å². The second-order valence-electron chi connectivity index (χ2n) is 5.73. The maximum absolute atomic E-state index is 5.88. The number of oxazole rings is 1. The summed E-state index contributed by atoms with van der Waals surface area (Å²) in [4.78, 5) is 4.57. The summed E-state index contributed by atoms with van der Waals surface area (Å²) >= 11 is 0. The number of benzene rings is 2. The van der Waals surface area contributed by atoms with Crippen LogP contribution in [0.3, 0.4) is 0 Å². The third-order valence-corrected chi connectivity index (χ3v) is 3.89. The number of fused-ring (bicyclic) bond motifs is 1. The summed E-state index contributed by atoms with van der Waals surface area (Å²) in [5, 5.41) is 0. The van der Waals surface area contributed by atoms with Crippen LogP contribution in [0, 0.1) is 6.92 Å². The SMILES string of the molecule is Cc1ccc2nc(-c3ccc(C[n+]4ccccc4)cc3)oc2c1.[Cl-]. The minimum absolute atomic E-state index is 0. The van der Waals surface area contributed by atoms with Crippen molar-refractivity contribution in [1.82, 2.24) is 4.98 Å². The zero-order valence-corrected chi connectivity index (χ0v) is 14.1. The number of nitrogens with zero attached hydrogens (tertiary/aromatic N) is 2. The topological polar surface area (TPSA) is 29.9 Å². The summed E-state index contributed by atoms with van der Waals surface area (Å²) in [7, 11) is 0. The van der Waals surface area contributed by atoms with Crippen molar-refractivity contribution in [3.8, 4) is 11.5 Å². The predicted molar refractivity (Wildman–Crippen MR) is 89.9 cm³/mol. The van der Waals surface area contributed by atoms with E-state index in [-0.39, 0.29) is 12.4 Å². The van der Waals surface area contributed by atoms with Gasteiger partial charge in [0.25, 0.3) is 0 Å². The highest BCUT2D eigenvalue weighted by Crippen LogP contribution is 2.25. The second kappa shape index (κ2) is 6.85. The van der Waals surface area contributed by atoms with Gasteiger partial charge in [0.15, 0.2) is 24.5 Å². The first-order valence-electron chi connectivity index (χ1n) is 7.68. The monoisotopic (exact) mass is 336 g/mol. The van der Waals surface area contributed by atoms with Crippen LogP contribution >= 0.6 is 0 Å². The molecule has 0 aliphatic rings. The zero-order valence-electron chi connectivity index (χ0n) is 13.3. The molecule has 0 aliphatic heterocycles. The molecule has 0 radical (unpaired) electrons. The van der Waals surface area contributed by atoms with Crippen LogP contribution in [0.4, 0.5) is 0 Å². The molecule has 2 heterocycles. The molecule has 3 nitrogen and oxygen atoms in total. The van der Waals surface area contributed by atoms with Crippen LogP contribution in [0.15, 0.2) is 77.5 Å². The quantitative estimate of drug-likeness (QED) is 0.525. The third kappa shape index (κ3) is 3.31. The lowest BCUT2D eigenvalue weighted by Gasteiger charge is -1.99. The molecule has 2 aromatic carbocycles. The van der Waals surface area contributed by atoms with Crippen molar-refractivity contribution < 1.29 is 21.4 Å². The molecular weight excluding hydrogens is 320 g/mol. The van der Waals surface area contributed by atoms with Crippen LogP contribution in [-0.4, -0.2) is 4.98 Å². The van der Waals surface area contributed by atoms with Crippen LogP contribution in [0.1, 0.15) is 11.1 Å². The molecule has 0 amide bonds. The van der Waals surface area contributed by atoms with E-state index < -0.39 is 0 Å². The molecule has 0 spiro atoms. The molecule has 120 valence electrons. The molecular formula is C20H17ClN2O. The van der Waals surface area contributed by atoms with Gasteiger partial charge in [-0.05, 0) is 36.8 Å². The van der Waals surface area contributed by atoms with Crippen molar-refractivity contribution in [2.45, 2.75) is 13.5 Å². The number of rotatable bonds is 3. The molecule has 0 aliphatic carbocycles. The highest BCUT2D eigenvalue weighted by molar-refractivity contribution is 5.76. The van der Waals surface area contributed by atoms with E-state index in [0.29, 0.717) is 5.89 Å². The van der Waals surface area contributed by atoms with Gasteiger partial charge in [-0.2, -0.15) is 0 Å². The van der Waals surface area contributed by atoms with E-state index in [4.69, 9.17) is 4.42 Å². The predicted octanol–water partition coefficient (Wildman–Crippen LogP) is 1.14. The third-order valence-electron chi connectivity index (χ3n) is 3.89. The number of hydrogen-bond acceptors (Lipinski definition) is 2. The van der Waals surface area contributed by atoms with Gasteiger partial charge in [-0.1, -0.05) is 24.3 Å². The van der Waals surface area contributed by atoms with Gasteiger partial charge in [0.05, 0.1) is 0 Å². The summed E-state index contributed by atoms with van der Waals surface area (Å²) in [5.74, 6) is 0.671. The number of pyridine rings is 1. The van der Waals surface area contributed by atoms with Crippen LogP contribution in [-0.2, 0) is 6.54 Å². The van der Waals surface area contributed by atoms with E-state index in [0.717, 1.165) is 23.2 Å². The Kier molecular flexibility index (Phi) is 4.63. The van der Waals surface area contributed by atoms with Crippen LogP contribution in [0.25, 0.3) is 22.6 Å². The van der Waals surface area contributed by atoms with E-state index in [1.165, 1.54) is 11.1 Å². The molecule has 2 aromatic heterocycles. The van der Waals surface area contributed by atoms with E-state index in [9.17, 15) is 0 Å². The Morgan fingerprint density at radius 3 is 2.46 bits per heavy atom. The van der Waals surface area contributed by atoms with Gasteiger partial charge in [-0.25, -0.2) is 9.55 Å². The van der Waals surface area contributed by atoms with Crippen molar-refractivity contribution in [2.75, 3.05) is 0 Å². The Morgan fingerprint density at radius 1 is 0.958 bits per heavy atom. The lowest BCUT2D eigenvalue weighted by molar-refractivity contribution is -0.688. The minimum atomic E-state index is 0. The van der Waals surface area contributed by atoms with E-state index in [1.54, 1.807) is 0 Å². The molecule has 4 rings (SSSR count). The summed E-state index contributed by atoms with van der Waals surface area (Å²) in [6, 6.07) is 20.5. The summed E-state index contributed by atoms with van der Waals surface area (Å²) < 4.78 is 8.03. The molecule has 0 saturated heterocycles. The Labute approximate surface area is 147 Å². The summed E-state index contributed by atoms with van der Waals surface area (Å²) in [6.45, 7) is 2.91. The minimum Gasteiger partial charge on any atom is -1.00 e. The largest absolute Gasteiger partial charge is 1.00 e. The Bertz CT molecular complexity index is 946. The van der Waals surface area contributed by atoms with Gasteiger partial charge in [-0.3, -0.25) is 0 Å². The fraction of sp³-hybridized carbons (Fsp3) is 0.100. The highest BCUT2D eigenvalue weighted by atomic mass is 35.5. The fourth-order valence-electron chi connectivity index (χ4n) is 2.66. The second-order valence-corrected chi connectivity index (χ2v) is 5.73. The number of halogens is 1. The Balaban J connectivity index is 0.00000169. The van der Waals surface area contributed by atoms with Crippen LogP contribution in [0.5, 0.6) is 0 Å². The highest BCUT2D eigenvalue weighted by Gasteiger charge is 2.09. The van der Waals surface area contributed by atoms with E-state index in [2.05, 4.69) is 59.2 Å². The molecule has 4 heteroatoms. The van der Waals surface area contributed by atoms with Gasteiger partial charge in [-0.15, -0.1) is 0 Å². The maximum Gasteiger partial charge on any atom is 0.227 e. The first-order chi connectivity index (χ1) is 11.3. The average molecular weight is 337 g/mol. The lowest BCUT2D eigenvalue weighted by atomic mass is 10.1. The van der Waals surface area contributed by atoms with Gasteiger partial charge in [0, 0.05) is 23.3 Å². The Morgan fingerprint density at radius 2 is 1.71 bits per heavy atom. The van der Waals surface area contributed by atoms with Crippen molar-refractivity contribution >= 4 is 11.1 Å². The molecule has 0 unspecified atom stereocenters. The zero-order chi connectivity index (χ0) is 15.6. The van der Waals surface area contributed by atoms with Crippen molar-refractivity contribution in [1.29, 1.82) is 0 Å². The van der Waals surface area contributed by atoms with E-state index in [1.807, 2.05) is 30.3 Å². The van der Waals surface area contributed by atoms with Gasteiger partial charge < -0.3 is 16.8 Å². The molecule has 0 saturated carbocycles. The lowest BCUT2D eigenvalue weighted by Crippen LogP contribution is -3.00. The van der Waals surface area contributed by atoms with Crippen molar-refractivity contribution in [3.63, 3.8) is 0 Å². The summed E-state index contributed by atoms with van der Waals surface area (Å²) in [5.41, 5.74) is 5.16. The normalized spacial score (nSPS) is 10.5. The number of hydrogen-bond donors (Lipinski definition) is 0. The number of aryl methyl sites for hydroxylation is 1. The first-order valence-corrected chi connectivity index (χ1v) is 7.68. The molecule has 4 aromatic rings. The molecule has 0 fully saturated rings. The van der Waals surface area contributed by atoms with Crippen LogP contribution < -0.4 is 17.0 Å². The smallest absolute Gasteiger partial charge is 0.227 e. The molecule has 0 atom stereocenters. The standard InChI is InChI=1S/C20H17N2O.ClH/c1-15-5-10-18-19(13-15)23-20(21-18)17-8-6-16(7-9-17)14-22-11-3-2-4-12-22;/h2-13H,14H2,1H3;1H/q+1;/p-1. The maximum atomic E-state index is 5.88. The fourth-order valence-corrected chi connectivity index (χ4v) is 2.66. The van der Waals surface area contributed by atoms with Crippen molar-refractivity contribution in [2.24, 2.45) is 0 Å². The molecule has 0 N–H and O–H groups in total. The first kappa shape index (κ1) is 16.2. The molecule has 24 heavy (non-hydrogen) atoms. The number of aromatic nitrogens is 2. The van der Waals surface area contributed by atoms with Gasteiger partial charge in [0.1, 0.15) is 5.52 Å². The average Bonchev–Trinajstić information content (AvgIpc) is 2.99. The molecule has 0 bridgehead atoms. The van der Waals surface area contributed by atoms with Crippen LogP contribution in [0.2, 0.25) is 0 Å². The van der Waals surface area contributed by atoms with Gasteiger partial charge in [0.2, 0.25) is 5.89 Å².